The molecule has 2 heterocycles. The quantitative estimate of drug-likeness (QED) is 0.415. The molecule has 0 aliphatic carbocycles. The highest BCUT2D eigenvalue weighted by atomic mass is 19.1. The summed E-state index contributed by atoms with van der Waals surface area (Å²) in [5.41, 5.74) is 5.55. The molecule has 11 nitrogen and oxygen atoms in total. The van der Waals surface area contributed by atoms with Crippen molar-refractivity contribution < 1.29 is 28.2 Å². The number of nitrogens with one attached hydrogen (secondary N) is 3. The van der Waals surface area contributed by atoms with Gasteiger partial charge >= 0.3 is 6.09 Å². The van der Waals surface area contributed by atoms with Crippen LogP contribution >= 0.6 is 0 Å². The van der Waals surface area contributed by atoms with Gasteiger partial charge in [-0.05, 0) is 50.1 Å². The average molecular weight is 539 g/mol. The Bertz CT molecular complexity index is 1270. The molecule has 2 aliphatic rings. The van der Waals surface area contributed by atoms with E-state index < -0.39 is 29.5 Å². The van der Waals surface area contributed by atoms with Crippen LogP contribution in [0.2, 0.25) is 0 Å². The Morgan fingerprint density at radius 3 is 2.64 bits per heavy atom. The summed E-state index contributed by atoms with van der Waals surface area (Å²) in [5, 5.41) is 12.5. The van der Waals surface area contributed by atoms with Gasteiger partial charge in [0.25, 0.3) is 5.91 Å². The van der Waals surface area contributed by atoms with Crippen molar-refractivity contribution in [3.63, 3.8) is 0 Å². The molecule has 0 bridgehead atoms. The van der Waals surface area contributed by atoms with E-state index in [0.717, 1.165) is 0 Å². The summed E-state index contributed by atoms with van der Waals surface area (Å²) in [6.45, 7) is 4.72. The van der Waals surface area contributed by atoms with Gasteiger partial charge in [-0.3, -0.25) is 19.9 Å². The fourth-order valence-corrected chi connectivity index (χ4v) is 4.59. The van der Waals surface area contributed by atoms with Crippen LogP contribution in [0.15, 0.2) is 42.5 Å². The molecule has 1 atom stereocenters. The second-order valence-electron chi connectivity index (χ2n) is 9.38. The summed E-state index contributed by atoms with van der Waals surface area (Å²) in [5.74, 6) is -0.711. The molecule has 2 saturated heterocycles. The highest BCUT2D eigenvalue weighted by molar-refractivity contribution is 5.96. The van der Waals surface area contributed by atoms with E-state index in [-0.39, 0.29) is 19.0 Å². The van der Waals surface area contributed by atoms with Crippen molar-refractivity contribution in [3.8, 4) is 11.8 Å². The number of nitrogens with zero attached hydrogens (tertiary/aromatic N) is 3. The second-order valence-corrected chi connectivity index (χ2v) is 9.38. The van der Waals surface area contributed by atoms with E-state index in [1.165, 1.54) is 17.9 Å². The zero-order chi connectivity index (χ0) is 28.0. The highest BCUT2D eigenvalue weighted by Gasteiger charge is 2.37. The number of rotatable bonds is 9. The molecule has 2 aromatic rings. The molecule has 3 N–H and O–H groups in total. The fourth-order valence-electron chi connectivity index (χ4n) is 4.59. The van der Waals surface area contributed by atoms with Crippen LogP contribution in [0.5, 0.6) is 5.75 Å². The molecule has 4 rings (SSSR count). The van der Waals surface area contributed by atoms with Gasteiger partial charge in [0.1, 0.15) is 23.2 Å². The number of cyclic esters (lactones) is 1. The number of benzene rings is 2. The standard InChI is InChI=1S/C27H31FN6O5/c1-3-38-24-7-5-4-6-21(24)25(36)31-32-27(17-29)10-12-33(13-11-27)23-9-8-19(14-22(23)28)34-16-20(39-26(34)37)15-30-18(2)35/h4-9,14,20,32H,3,10-13,15-16H2,1-2H3,(H,30,35)(H,31,36). The molecule has 1 unspecified atom stereocenters. The summed E-state index contributed by atoms with van der Waals surface area (Å²) in [4.78, 5) is 39.3. The summed E-state index contributed by atoms with van der Waals surface area (Å²) in [7, 11) is 0. The van der Waals surface area contributed by atoms with Crippen LogP contribution in [0.4, 0.5) is 20.6 Å². The Kier molecular flexibility index (Phi) is 8.51. The maximum Gasteiger partial charge on any atom is 0.414 e. The van der Waals surface area contributed by atoms with Gasteiger partial charge in [0.05, 0.1) is 42.7 Å². The Labute approximate surface area is 225 Å². The molecule has 2 aliphatic heterocycles. The Balaban J connectivity index is 1.36. The van der Waals surface area contributed by atoms with E-state index in [4.69, 9.17) is 9.47 Å². The Morgan fingerprint density at radius 1 is 1.23 bits per heavy atom. The van der Waals surface area contributed by atoms with Gasteiger partial charge < -0.3 is 19.7 Å². The van der Waals surface area contributed by atoms with Crippen molar-refractivity contribution >= 4 is 29.3 Å². The van der Waals surface area contributed by atoms with Crippen molar-refractivity contribution in [2.45, 2.75) is 38.3 Å². The van der Waals surface area contributed by atoms with Gasteiger partial charge in [0.15, 0.2) is 0 Å². The molecule has 3 amide bonds. The van der Waals surface area contributed by atoms with E-state index in [0.29, 0.717) is 55.2 Å². The Morgan fingerprint density at radius 2 is 1.97 bits per heavy atom. The number of ether oxygens (including phenoxy) is 2. The monoisotopic (exact) mass is 538 g/mol. The van der Waals surface area contributed by atoms with Crippen molar-refractivity contribution in [1.29, 1.82) is 5.26 Å². The normalized spacial score (nSPS) is 18.2. The lowest BCUT2D eigenvalue weighted by atomic mass is 9.89. The molecule has 12 heteroatoms. The second kappa shape index (κ2) is 12.0. The lowest BCUT2D eigenvalue weighted by Gasteiger charge is -2.39. The van der Waals surface area contributed by atoms with Crippen LogP contribution in [-0.4, -0.2) is 62.3 Å². The number of nitriles is 1. The molecule has 2 aromatic carbocycles. The summed E-state index contributed by atoms with van der Waals surface area (Å²) in [6.07, 6.45) is -0.458. The minimum atomic E-state index is -1.02. The maximum atomic E-state index is 15.2. The van der Waals surface area contributed by atoms with Crippen molar-refractivity contribution in [3.05, 3.63) is 53.8 Å². The third-order valence-electron chi connectivity index (χ3n) is 6.71. The molecule has 0 radical (unpaired) electrons. The number of hydrogen-bond donors (Lipinski definition) is 3. The number of hydrazine groups is 1. The van der Waals surface area contributed by atoms with Crippen molar-refractivity contribution in [2.24, 2.45) is 0 Å². The average Bonchev–Trinajstić information content (AvgIpc) is 3.32. The Hall–Kier alpha value is -4.37. The minimum absolute atomic E-state index is 0.181. The minimum Gasteiger partial charge on any atom is -0.493 e. The number of amides is 3. The first-order valence-corrected chi connectivity index (χ1v) is 12.7. The summed E-state index contributed by atoms with van der Waals surface area (Å²) < 4.78 is 25.9. The number of carbonyl (C=O) groups is 3. The third kappa shape index (κ3) is 6.38. The van der Waals surface area contributed by atoms with E-state index >= 15 is 4.39 Å². The zero-order valence-electron chi connectivity index (χ0n) is 21.8. The van der Waals surface area contributed by atoms with Gasteiger partial charge in [-0.1, -0.05) is 12.1 Å². The topological polar surface area (TPSA) is 136 Å². The smallest absolute Gasteiger partial charge is 0.414 e. The van der Waals surface area contributed by atoms with Crippen LogP contribution in [-0.2, 0) is 9.53 Å². The fraction of sp³-hybridized carbons (Fsp3) is 0.407. The maximum absolute atomic E-state index is 15.2. The molecule has 2 fully saturated rings. The molecular formula is C27H31FN6O5. The first-order valence-electron chi connectivity index (χ1n) is 12.7. The third-order valence-corrected chi connectivity index (χ3v) is 6.71. The summed E-state index contributed by atoms with van der Waals surface area (Å²) in [6, 6.07) is 13.6. The van der Waals surface area contributed by atoms with E-state index in [1.54, 1.807) is 36.4 Å². The molecular weight excluding hydrogens is 507 g/mol. The summed E-state index contributed by atoms with van der Waals surface area (Å²) >= 11 is 0. The van der Waals surface area contributed by atoms with E-state index in [9.17, 15) is 19.6 Å². The lowest BCUT2D eigenvalue weighted by Crippen LogP contribution is -2.58. The van der Waals surface area contributed by atoms with Crippen LogP contribution in [0, 0.1) is 17.1 Å². The van der Waals surface area contributed by atoms with Crippen LogP contribution in [0.25, 0.3) is 0 Å². The van der Waals surface area contributed by atoms with Crippen LogP contribution < -0.4 is 30.7 Å². The molecule has 0 saturated carbocycles. The number of piperidine rings is 1. The van der Waals surface area contributed by atoms with E-state index in [1.807, 2.05) is 11.8 Å². The number of hydrogen-bond acceptors (Lipinski definition) is 8. The number of anilines is 2. The number of carbonyl (C=O) groups excluding carboxylic acids is 3. The van der Waals surface area contributed by atoms with Crippen LogP contribution in [0.1, 0.15) is 37.0 Å². The lowest BCUT2D eigenvalue weighted by molar-refractivity contribution is -0.119. The number of para-hydroxylation sites is 1. The van der Waals surface area contributed by atoms with E-state index in [2.05, 4.69) is 22.2 Å². The predicted molar refractivity (Wildman–Crippen MR) is 141 cm³/mol. The highest BCUT2D eigenvalue weighted by Crippen LogP contribution is 2.31. The van der Waals surface area contributed by atoms with Gasteiger partial charge in [-0.15, -0.1) is 0 Å². The van der Waals surface area contributed by atoms with Gasteiger partial charge in [0, 0.05) is 20.0 Å². The molecule has 39 heavy (non-hydrogen) atoms. The van der Waals surface area contributed by atoms with Gasteiger partial charge in [0.2, 0.25) is 5.91 Å². The first-order chi connectivity index (χ1) is 18.7. The van der Waals surface area contributed by atoms with Gasteiger partial charge in [-0.25, -0.2) is 14.6 Å². The molecule has 0 aromatic heterocycles. The van der Waals surface area contributed by atoms with Crippen molar-refractivity contribution in [2.75, 3.05) is 42.6 Å². The molecule has 0 spiro atoms. The predicted octanol–water partition coefficient (Wildman–Crippen LogP) is 2.48. The zero-order valence-corrected chi connectivity index (χ0v) is 21.8. The number of halogens is 1. The largest absolute Gasteiger partial charge is 0.493 e. The SMILES string of the molecule is CCOc1ccccc1C(=O)NNC1(C#N)CCN(c2ccc(N3CC(CNC(C)=O)OC3=O)cc2F)CC1. The molecule has 206 valence electrons. The van der Waals surface area contributed by atoms with Gasteiger partial charge in [-0.2, -0.15) is 5.26 Å². The van der Waals surface area contributed by atoms with Crippen LogP contribution in [0.3, 0.4) is 0 Å². The first kappa shape index (κ1) is 27.7. The van der Waals surface area contributed by atoms with Crippen molar-refractivity contribution in [1.82, 2.24) is 16.2 Å².